The van der Waals surface area contributed by atoms with E-state index >= 15 is 0 Å². The number of amides is 1. The number of carbonyl (C=O) groups is 1. The molecule has 1 fully saturated rings. The summed E-state index contributed by atoms with van der Waals surface area (Å²) in [4.78, 5) is 24.7. The molecule has 1 amide bonds. The van der Waals surface area contributed by atoms with Crippen LogP contribution in [0.4, 0.5) is 0 Å². The highest BCUT2D eigenvalue weighted by molar-refractivity contribution is 6.03. The monoisotopic (exact) mass is 449 g/mol. The van der Waals surface area contributed by atoms with E-state index in [1.807, 2.05) is 82.8 Å². The van der Waals surface area contributed by atoms with E-state index in [4.69, 9.17) is 0 Å². The van der Waals surface area contributed by atoms with Crippen molar-refractivity contribution in [2.75, 3.05) is 6.54 Å². The fourth-order valence-corrected chi connectivity index (χ4v) is 4.69. The third kappa shape index (κ3) is 3.63. The molecule has 0 aliphatic carbocycles. The van der Waals surface area contributed by atoms with Gasteiger partial charge in [-0.3, -0.25) is 19.4 Å². The molecule has 6 rings (SSSR count). The van der Waals surface area contributed by atoms with E-state index in [1.54, 1.807) is 16.9 Å². The largest absolute Gasteiger partial charge is 0.332 e. The van der Waals surface area contributed by atoms with E-state index < -0.39 is 0 Å². The minimum Gasteiger partial charge on any atom is -0.332 e. The van der Waals surface area contributed by atoms with E-state index in [9.17, 15) is 4.79 Å². The lowest BCUT2D eigenvalue weighted by Gasteiger charge is -2.24. The molecule has 6 heterocycles. The van der Waals surface area contributed by atoms with Crippen LogP contribution in [0.5, 0.6) is 0 Å². The summed E-state index contributed by atoms with van der Waals surface area (Å²) in [6.07, 6.45) is 11.1. The predicted molar refractivity (Wildman–Crippen MR) is 128 cm³/mol. The first-order chi connectivity index (χ1) is 16.8. The van der Waals surface area contributed by atoms with E-state index in [0.717, 1.165) is 40.9 Å². The van der Waals surface area contributed by atoms with E-state index in [0.29, 0.717) is 18.8 Å². The second-order valence-corrected chi connectivity index (χ2v) is 8.43. The number of likely N-dealkylation sites (tertiary alicyclic amines) is 1. The third-order valence-corrected chi connectivity index (χ3v) is 6.29. The fourth-order valence-electron chi connectivity index (χ4n) is 4.69. The topological polar surface area (TPSA) is 81.2 Å². The Morgan fingerprint density at radius 1 is 0.971 bits per heavy atom. The number of carbonyl (C=O) groups excluding carboxylic acids is 1. The molecule has 5 aromatic heterocycles. The SMILES string of the molecule is O=C(c1nn2ccccc2c1-c1ccccn1)N1CCC[C@H]1Cn1cc(-c2ccccn2)cn1. The number of pyridine rings is 3. The summed E-state index contributed by atoms with van der Waals surface area (Å²) < 4.78 is 3.67. The van der Waals surface area contributed by atoms with Crippen molar-refractivity contribution in [3.8, 4) is 22.5 Å². The quantitative estimate of drug-likeness (QED) is 0.406. The van der Waals surface area contributed by atoms with Crippen LogP contribution in [0.2, 0.25) is 0 Å². The number of fused-ring (bicyclic) bond motifs is 1. The molecule has 1 atom stereocenters. The van der Waals surface area contributed by atoms with Crippen LogP contribution in [0, 0.1) is 0 Å². The molecule has 1 saturated heterocycles. The molecule has 1 aliphatic heterocycles. The van der Waals surface area contributed by atoms with Crippen LogP contribution in [-0.2, 0) is 6.54 Å². The van der Waals surface area contributed by atoms with Crippen LogP contribution in [0.25, 0.3) is 28.0 Å². The number of hydrogen-bond acceptors (Lipinski definition) is 5. The highest BCUT2D eigenvalue weighted by Gasteiger charge is 2.33. The summed E-state index contributed by atoms with van der Waals surface area (Å²) in [5, 5.41) is 9.21. The van der Waals surface area contributed by atoms with Crippen molar-refractivity contribution >= 4 is 11.4 Å². The third-order valence-electron chi connectivity index (χ3n) is 6.29. The van der Waals surface area contributed by atoms with Gasteiger partial charge in [0.15, 0.2) is 5.69 Å². The first kappa shape index (κ1) is 20.3. The minimum absolute atomic E-state index is 0.0466. The van der Waals surface area contributed by atoms with Crippen LogP contribution in [0.1, 0.15) is 23.3 Å². The van der Waals surface area contributed by atoms with Crippen molar-refractivity contribution in [1.29, 1.82) is 0 Å². The summed E-state index contributed by atoms with van der Waals surface area (Å²) in [6, 6.07) is 17.4. The van der Waals surface area contributed by atoms with Gasteiger partial charge in [0, 0.05) is 36.9 Å². The maximum Gasteiger partial charge on any atom is 0.275 e. The number of hydrogen-bond donors (Lipinski definition) is 0. The van der Waals surface area contributed by atoms with Gasteiger partial charge in [-0.1, -0.05) is 18.2 Å². The maximum atomic E-state index is 13.8. The normalized spacial score (nSPS) is 15.8. The molecule has 0 saturated carbocycles. The van der Waals surface area contributed by atoms with E-state index in [2.05, 4.69) is 20.2 Å². The van der Waals surface area contributed by atoms with Crippen molar-refractivity contribution < 1.29 is 4.79 Å². The van der Waals surface area contributed by atoms with Gasteiger partial charge in [0.05, 0.1) is 41.3 Å². The molecular weight excluding hydrogens is 426 g/mol. The Morgan fingerprint density at radius 2 is 1.76 bits per heavy atom. The van der Waals surface area contributed by atoms with Crippen LogP contribution in [-0.4, -0.2) is 52.8 Å². The van der Waals surface area contributed by atoms with Crippen LogP contribution in [0.15, 0.2) is 85.6 Å². The number of nitrogens with zero attached hydrogens (tertiary/aromatic N) is 7. The molecule has 0 aromatic carbocycles. The lowest BCUT2D eigenvalue weighted by Crippen LogP contribution is -2.38. The molecule has 0 radical (unpaired) electrons. The molecule has 0 N–H and O–H groups in total. The van der Waals surface area contributed by atoms with Gasteiger partial charge in [-0.15, -0.1) is 0 Å². The van der Waals surface area contributed by atoms with Crippen molar-refractivity contribution in [2.24, 2.45) is 0 Å². The van der Waals surface area contributed by atoms with Crippen molar-refractivity contribution in [3.63, 3.8) is 0 Å². The Hall–Kier alpha value is -4.33. The Bertz CT molecular complexity index is 1440. The average molecular weight is 450 g/mol. The lowest BCUT2D eigenvalue weighted by atomic mass is 10.1. The van der Waals surface area contributed by atoms with Crippen LogP contribution >= 0.6 is 0 Å². The van der Waals surface area contributed by atoms with Crippen LogP contribution < -0.4 is 0 Å². The zero-order chi connectivity index (χ0) is 22.9. The van der Waals surface area contributed by atoms with Gasteiger partial charge in [0.2, 0.25) is 0 Å². The Labute approximate surface area is 196 Å². The van der Waals surface area contributed by atoms with Gasteiger partial charge in [-0.2, -0.15) is 10.2 Å². The summed E-state index contributed by atoms with van der Waals surface area (Å²) in [7, 11) is 0. The standard InChI is InChI=1S/C26H23N7O/c34-26(25-24(22-10-2-5-13-28-22)23-11-3-6-15-33(23)30-25)32-14-7-8-20(32)18-31-17-19(16-29-31)21-9-1-4-12-27-21/h1-6,9-13,15-17,20H,7-8,14,18H2/t20-/m0/s1. The van der Waals surface area contributed by atoms with Crippen molar-refractivity contribution in [1.82, 2.24) is 34.3 Å². The van der Waals surface area contributed by atoms with Gasteiger partial charge in [0.1, 0.15) is 0 Å². The molecule has 1 aliphatic rings. The zero-order valence-corrected chi connectivity index (χ0v) is 18.5. The van der Waals surface area contributed by atoms with Gasteiger partial charge < -0.3 is 4.90 Å². The molecule has 34 heavy (non-hydrogen) atoms. The predicted octanol–water partition coefficient (Wildman–Crippen LogP) is 3.96. The smallest absolute Gasteiger partial charge is 0.275 e. The fraction of sp³-hybridized carbons (Fsp3) is 0.192. The molecule has 5 aromatic rings. The van der Waals surface area contributed by atoms with Gasteiger partial charge in [-0.05, 0) is 49.2 Å². The Balaban J connectivity index is 1.31. The van der Waals surface area contributed by atoms with E-state index in [1.165, 1.54) is 0 Å². The Morgan fingerprint density at radius 3 is 2.56 bits per heavy atom. The summed E-state index contributed by atoms with van der Waals surface area (Å²) in [5.74, 6) is -0.0658. The summed E-state index contributed by atoms with van der Waals surface area (Å²) in [5.41, 5.74) is 4.68. The average Bonchev–Trinajstić information content (AvgIpc) is 3.63. The highest BCUT2D eigenvalue weighted by atomic mass is 16.2. The second kappa shape index (κ2) is 8.55. The first-order valence-corrected chi connectivity index (χ1v) is 11.4. The second-order valence-electron chi connectivity index (χ2n) is 8.43. The van der Waals surface area contributed by atoms with Gasteiger partial charge in [0.25, 0.3) is 5.91 Å². The van der Waals surface area contributed by atoms with Crippen molar-refractivity contribution in [2.45, 2.75) is 25.4 Å². The van der Waals surface area contributed by atoms with Gasteiger partial charge >= 0.3 is 0 Å². The number of aromatic nitrogens is 6. The minimum atomic E-state index is -0.0658. The molecule has 8 heteroatoms. The Kier molecular flexibility index (Phi) is 5.10. The maximum absolute atomic E-state index is 13.8. The van der Waals surface area contributed by atoms with Gasteiger partial charge in [-0.25, -0.2) is 4.52 Å². The molecule has 0 bridgehead atoms. The summed E-state index contributed by atoms with van der Waals surface area (Å²) in [6.45, 7) is 1.33. The molecule has 8 nitrogen and oxygen atoms in total. The van der Waals surface area contributed by atoms with E-state index in [-0.39, 0.29) is 11.9 Å². The first-order valence-electron chi connectivity index (χ1n) is 11.4. The summed E-state index contributed by atoms with van der Waals surface area (Å²) >= 11 is 0. The zero-order valence-electron chi connectivity index (χ0n) is 18.5. The molecule has 168 valence electrons. The van der Waals surface area contributed by atoms with Crippen molar-refractivity contribution in [3.05, 3.63) is 91.3 Å². The highest BCUT2D eigenvalue weighted by Crippen LogP contribution is 2.30. The molecule has 0 spiro atoms. The van der Waals surface area contributed by atoms with Crippen LogP contribution in [0.3, 0.4) is 0 Å². The molecule has 0 unspecified atom stereocenters. The lowest BCUT2D eigenvalue weighted by molar-refractivity contribution is 0.0716. The molecular formula is C26H23N7O. The number of rotatable bonds is 5.